The molecule has 3 nitrogen and oxygen atoms in total. The van der Waals surface area contributed by atoms with Crippen molar-refractivity contribution < 1.29 is 9.13 Å². The van der Waals surface area contributed by atoms with E-state index in [2.05, 4.69) is 30.7 Å². The van der Waals surface area contributed by atoms with Crippen molar-refractivity contribution in [3.8, 4) is 17.0 Å². The molecule has 2 heterocycles. The Bertz CT molecular complexity index is 908. The van der Waals surface area contributed by atoms with Crippen LogP contribution in [0.1, 0.15) is 32.9 Å². The second kappa shape index (κ2) is 7.81. The second-order valence-electron chi connectivity index (χ2n) is 7.35. The molecular formula is C22H25FN2O. The highest BCUT2D eigenvalue weighted by Gasteiger charge is 2.11. The molecular weight excluding hydrogens is 327 g/mol. The highest BCUT2D eigenvalue weighted by atomic mass is 19.1. The number of fused-ring (bicyclic) bond motifs is 1. The lowest BCUT2D eigenvalue weighted by molar-refractivity contribution is 0.237. The SMILES string of the molecule is Cc1nc(-c2ccnc3ccc(F)cc23)ccc1OC[C@H](C)CC(C)C. The minimum absolute atomic E-state index is 0.275. The molecule has 1 atom stereocenters. The molecule has 3 rings (SSSR count). The Labute approximate surface area is 154 Å². The third-order valence-corrected chi connectivity index (χ3v) is 4.41. The molecule has 0 N–H and O–H groups in total. The molecule has 0 aliphatic rings. The fraction of sp³-hybridized carbons (Fsp3) is 0.364. The van der Waals surface area contributed by atoms with Gasteiger partial charge in [-0.05, 0) is 61.6 Å². The predicted octanol–water partition coefficient (Wildman–Crippen LogP) is 5.81. The zero-order valence-electron chi connectivity index (χ0n) is 15.8. The molecule has 0 fully saturated rings. The molecule has 0 aliphatic heterocycles. The summed E-state index contributed by atoms with van der Waals surface area (Å²) in [6.07, 6.45) is 2.86. The summed E-state index contributed by atoms with van der Waals surface area (Å²) in [4.78, 5) is 8.99. The van der Waals surface area contributed by atoms with E-state index in [1.165, 1.54) is 12.1 Å². The Morgan fingerprint density at radius 3 is 2.62 bits per heavy atom. The minimum atomic E-state index is -0.275. The quantitative estimate of drug-likeness (QED) is 0.562. The zero-order valence-corrected chi connectivity index (χ0v) is 15.8. The van der Waals surface area contributed by atoms with Crippen LogP contribution in [-0.4, -0.2) is 16.6 Å². The molecule has 4 heteroatoms. The molecule has 0 unspecified atom stereocenters. The number of aryl methyl sites for hydroxylation is 1. The lowest BCUT2D eigenvalue weighted by Crippen LogP contribution is -2.11. The summed E-state index contributed by atoms with van der Waals surface area (Å²) in [5, 5.41) is 0.763. The van der Waals surface area contributed by atoms with Crippen molar-refractivity contribution >= 4 is 10.9 Å². The lowest BCUT2D eigenvalue weighted by atomic mass is 10.00. The number of halogens is 1. The maximum atomic E-state index is 13.7. The summed E-state index contributed by atoms with van der Waals surface area (Å²) in [7, 11) is 0. The number of hydrogen-bond acceptors (Lipinski definition) is 3. The van der Waals surface area contributed by atoms with E-state index in [9.17, 15) is 4.39 Å². The van der Waals surface area contributed by atoms with Gasteiger partial charge in [-0.3, -0.25) is 4.98 Å². The highest BCUT2D eigenvalue weighted by molar-refractivity contribution is 5.93. The monoisotopic (exact) mass is 352 g/mol. The largest absolute Gasteiger partial charge is 0.491 e. The smallest absolute Gasteiger partial charge is 0.140 e. The van der Waals surface area contributed by atoms with Gasteiger partial charge in [0.05, 0.1) is 23.5 Å². The van der Waals surface area contributed by atoms with Crippen LogP contribution in [0.5, 0.6) is 5.75 Å². The summed E-state index contributed by atoms with van der Waals surface area (Å²) in [5.41, 5.74) is 3.26. The van der Waals surface area contributed by atoms with E-state index in [-0.39, 0.29) is 5.82 Å². The van der Waals surface area contributed by atoms with E-state index in [1.807, 2.05) is 25.1 Å². The number of nitrogens with zero attached hydrogens (tertiary/aromatic N) is 2. The Kier molecular flexibility index (Phi) is 5.50. The van der Waals surface area contributed by atoms with Gasteiger partial charge in [0.15, 0.2) is 0 Å². The van der Waals surface area contributed by atoms with Gasteiger partial charge >= 0.3 is 0 Å². The van der Waals surface area contributed by atoms with E-state index >= 15 is 0 Å². The molecule has 0 bridgehead atoms. The fourth-order valence-corrected chi connectivity index (χ4v) is 3.30. The fourth-order valence-electron chi connectivity index (χ4n) is 3.30. The van der Waals surface area contributed by atoms with Crippen LogP contribution in [0.15, 0.2) is 42.6 Å². The first-order chi connectivity index (χ1) is 12.4. The average Bonchev–Trinajstić information content (AvgIpc) is 2.59. The Morgan fingerprint density at radius 2 is 1.88 bits per heavy atom. The van der Waals surface area contributed by atoms with Gasteiger partial charge in [-0.1, -0.05) is 20.8 Å². The van der Waals surface area contributed by atoms with E-state index in [0.29, 0.717) is 18.4 Å². The average molecular weight is 352 g/mol. The third-order valence-electron chi connectivity index (χ3n) is 4.41. The Hall–Kier alpha value is -2.49. The minimum Gasteiger partial charge on any atom is -0.491 e. The van der Waals surface area contributed by atoms with Gasteiger partial charge in [-0.2, -0.15) is 0 Å². The summed E-state index contributed by atoms with van der Waals surface area (Å²) in [6.45, 7) is 9.27. The maximum Gasteiger partial charge on any atom is 0.140 e. The molecule has 0 saturated heterocycles. The van der Waals surface area contributed by atoms with Crippen LogP contribution in [0, 0.1) is 24.6 Å². The van der Waals surface area contributed by atoms with Crippen LogP contribution in [0.25, 0.3) is 22.2 Å². The second-order valence-corrected chi connectivity index (χ2v) is 7.35. The molecule has 0 spiro atoms. The van der Waals surface area contributed by atoms with Crippen LogP contribution in [0.2, 0.25) is 0 Å². The summed E-state index contributed by atoms with van der Waals surface area (Å²) >= 11 is 0. The van der Waals surface area contributed by atoms with Gasteiger partial charge < -0.3 is 4.74 Å². The molecule has 26 heavy (non-hydrogen) atoms. The van der Waals surface area contributed by atoms with Crippen molar-refractivity contribution in [2.75, 3.05) is 6.61 Å². The summed E-state index contributed by atoms with van der Waals surface area (Å²) in [5.74, 6) is 1.69. The molecule has 0 saturated carbocycles. The van der Waals surface area contributed by atoms with Gasteiger partial charge in [-0.25, -0.2) is 9.37 Å². The van der Waals surface area contributed by atoms with Crippen LogP contribution >= 0.6 is 0 Å². The van der Waals surface area contributed by atoms with E-state index in [4.69, 9.17) is 4.74 Å². The topological polar surface area (TPSA) is 35.0 Å². The standard InChI is InChI=1S/C22H25FN2O/c1-14(2)11-15(3)13-26-22-8-7-21(25-16(22)4)18-9-10-24-20-6-5-17(23)12-19(18)20/h5-10,12,14-15H,11,13H2,1-4H3/t15-/m1/s1. The number of rotatable bonds is 6. The van der Waals surface area contributed by atoms with Crippen molar-refractivity contribution in [1.29, 1.82) is 0 Å². The van der Waals surface area contributed by atoms with Crippen LogP contribution < -0.4 is 4.74 Å². The van der Waals surface area contributed by atoms with E-state index in [0.717, 1.165) is 40.0 Å². The lowest BCUT2D eigenvalue weighted by Gasteiger charge is -2.16. The van der Waals surface area contributed by atoms with Gasteiger partial charge in [0, 0.05) is 17.1 Å². The highest BCUT2D eigenvalue weighted by Crippen LogP contribution is 2.29. The van der Waals surface area contributed by atoms with Gasteiger partial charge in [0.25, 0.3) is 0 Å². The van der Waals surface area contributed by atoms with Crippen LogP contribution in [0.4, 0.5) is 4.39 Å². The molecule has 3 aromatic rings. The molecule has 0 aliphatic carbocycles. The third kappa shape index (κ3) is 4.18. The van der Waals surface area contributed by atoms with Gasteiger partial charge in [0.2, 0.25) is 0 Å². The van der Waals surface area contributed by atoms with Crippen LogP contribution in [0.3, 0.4) is 0 Å². The molecule has 136 valence electrons. The first-order valence-corrected chi connectivity index (χ1v) is 9.09. The summed E-state index contributed by atoms with van der Waals surface area (Å²) < 4.78 is 19.6. The van der Waals surface area contributed by atoms with Gasteiger partial charge in [0.1, 0.15) is 11.6 Å². The Balaban J connectivity index is 1.85. The Morgan fingerprint density at radius 1 is 1.08 bits per heavy atom. The van der Waals surface area contributed by atoms with E-state index in [1.54, 1.807) is 12.3 Å². The molecule has 2 aromatic heterocycles. The van der Waals surface area contributed by atoms with Gasteiger partial charge in [-0.15, -0.1) is 0 Å². The van der Waals surface area contributed by atoms with Crippen molar-refractivity contribution in [3.63, 3.8) is 0 Å². The predicted molar refractivity (Wildman–Crippen MR) is 104 cm³/mol. The maximum absolute atomic E-state index is 13.7. The van der Waals surface area contributed by atoms with Crippen molar-refractivity contribution in [1.82, 2.24) is 9.97 Å². The van der Waals surface area contributed by atoms with Crippen molar-refractivity contribution in [2.24, 2.45) is 11.8 Å². The summed E-state index contributed by atoms with van der Waals surface area (Å²) in [6, 6.07) is 10.4. The van der Waals surface area contributed by atoms with E-state index < -0.39 is 0 Å². The first-order valence-electron chi connectivity index (χ1n) is 9.09. The van der Waals surface area contributed by atoms with Crippen molar-refractivity contribution in [3.05, 3.63) is 54.1 Å². The van der Waals surface area contributed by atoms with Crippen LogP contribution in [-0.2, 0) is 0 Å². The number of hydrogen-bond donors (Lipinski definition) is 0. The molecule has 1 aromatic carbocycles. The normalized spacial score (nSPS) is 12.5. The number of pyridine rings is 2. The zero-order chi connectivity index (χ0) is 18.7. The number of aromatic nitrogens is 2. The van der Waals surface area contributed by atoms with Crippen molar-refractivity contribution in [2.45, 2.75) is 34.1 Å². The molecule has 0 amide bonds. The number of ether oxygens (including phenoxy) is 1. The first kappa shape index (κ1) is 18.3. The number of benzene rings is 1. The molecule has 0 radical (unpaired) electrons.